The van der Waals surface area contributed by atoms with Gasteiger partial charge in [-0.15, -0.1) is 0 Å². The molecule has 1 rings (SSSR count). The Hall–Kier alpha value is -0.770. The highest BCUT2D eigenvalue weighted by Gasteiger charge is 2.22. The van der Waals surface area contributed by atoms with E-state index in [1.54, 1.807) is 0 Å². The van der Waals surface area contributed by atoms with E-state index in [-0.39, 0.29) is 12.2 Å². The monoisotopic (exact) mass is 144 g/mol. The quantitative estimate of drug-likeness (QED) is 0.576. The first-order valence-corrected chi connectivity index (χ1v) is 3.27. The number of likely N-dealkylation sites (N-methyl/N-ethyl adjacent to an activating group) is 1. The summed E-state index contributed by atoms with van der Waals surface area (Å²) in [7, 11) is 3.90. The van der Waals surface area contributed by atoms with Crippen LogP contribution in [0.25, 0.3) is 0 Å². The summed E-state index contributed by atoms with van der Waals surface area (Å²) in [4.78, 5) is 12.5. The van der Waals surface area contributed by atoms with Crippen molar-refractivity contribution in [1.29, 1.82) is 0 Å². The number of hydrogen-bond donors (Lipinski definition) is 1. The Morgan fingerprint density at radius 1 is 1.80 bits per heavy atom. The number of alkyl carbamates (subject to hydrolysis) is 1. The smallest absolute Gasteiger partial charge is 0.407 e. The van der Waals surface area contributed by atoms with E-state index in [0.29, 0.717) is 6.54 Å². The average Bonchev–Trinajstić information content (AvgIpc) is 2.13. The lowest BCUT2D eigenvalue weighted by atomic mass is 10.3. The minimum absolute atomic E-state index is 0.0301. The van der Waals surface area contributed by atoms with Crippen LogP contribution < -0.4 is 5.32 Å². The molecule has 1 fully saturated rings. The molecule has 1 aliphatic rings. The molecule has 1 amide bonds. The average molecular weight is 144 g/mol. The molecule has 0 aromatic carbocycles. The van der Waals surface area contributed by atoms with Gasteiger partial charge in [0.1, 0.15) is 6.10 Å². The first-order valence-electron chi connectivity index (χ1n) is 3.27. The number of hydrogen-bond acceptors (Lipinski definition) is 3. The van der Waals surface area contributed by atoms with Crippen molar-refractivity contribution in [3.8, 4) is 0 Å². The normalized spacial score (nSPS) is 24.7. The number of amides is 1. The van der Waals surface area contributed by atoms with Gasteiger partial charge in [-0.25, -0.2) is 4.79 Å². The Morgan fingerprint density at radius 2 is 2.50 bits per heavy atom. The van der Waals surface area contributed by atoms with Crippen LogP contribution in [-0.2, 0) is 4.74 Å². The van der Waals surface area contributed by atoms with Gasteiger partial charge in [-0.3, -0.25) is 0 Å². The van der Waals surface area contributed by atoms with Gasteiger partial charge >= 0.3 is 6.09 Å². The minimum Gasteiger partial charge on any atom is -0.443 e. The van der Waals surface area contributed by atoms with Crippen LogP contribution >= 0.6 is 0 Å². The van der Waals surface area contributed by atoms with Gasteiger partial charge in [0.25, 0.3) is 0 Å². The number of carbonyl (C=O) groups is 1. The van der Waals surface area contributed by atoms with Gasteiger partial charge < -0.3 is 15.0 Å². The Balaban J connectivity index is 2.24. The van der Waals surface area contributed by atoms with Crippen LogP contribution in [0.1, 0.15) is 0 Å². The Kier molecular flexibility index (Phi) is 2.11. The molecule has 10 heavy (non-hydrogen) atoms. The Morgan fingerprint density at radius 3 is 2.90 bits per heavy atom. The number of rotatable bonds is 2. The van der Waals surface area contributed by atoms with Crippen LogP contribution in [0.2, 0.25) is 0 Å². The molecule has 1 heterocycles. The summed E-state index contributed by atoms with van der Waals surface area (Å²) in [6, 6.07) is 0. The molecular weight excluding hydrogens is 132 g/mol. The lowest BCUT2D eigenvalue weighted by molar-refractivity contribution is 0.123. The molecule has 0 bridgehead atoms. The topological polar surface area (TPSA) is 41.6 Å². The molecule has 0 spiro atoms. The van der Waals surface area contributed by atoms with Gasteiger partial charge in [0.15, 0.2) is 0 Å². The molecule has 0 saturated carbocycles. The summed E-state index contributed by atoms with van der Waals surface area (Å²) in [6.45, 7) is 1.43. The highest BCUT2D eigenvalue weighted by Crippen LogP contribution is 1.99. The molecule has 58 valence electrons. The Bertz CT molecular complexity index is 136. The van der Waals surface area contributed by atoms with E-state index in [2.05, 4.69) is 5.32 Å². The molecule has 4 nitrogen and oxygen atoms in total. The number of carbonyl (C=O) groups excluding carboxylic acids is 1. The van der Waals surface area contributed by atoms with Gasteiger partial charge in [-0.2, -0.15) is 0 Å². The number of nitrogens with one attached hydrogen (secondary N) is 1. The van der Waals surface area contributed by atoms with Crippen LogP contribution in [0.5, 0.6) is 0 Å². The predicted molar refractivity (Wildman–Crippen MR) is 36.8 cm³/mol. The molecule has 1 N–H and O–H groups in total. The molecule has 0 aliphatic carbocycles. The van der Waals surface area contributed by atoms with E-state index < -0.39 is 0 Å². The maximum absolute atomic E-state index is 10.5. The molecule has 4 heteroatoms. The second kappa shape index (κ2) is 2.88. The minimum atomic E-state index is -0.299. The van der Waals surface area contributed by atoms with Gasteiger partial charge in [0, 0.05) is 6.54 Å². The van der Waals surface area contributed by atoms with E-state index in [1.807, 2.05) is 19.0 Å². The van der Waals surface area contributed by atoms with E-state index in [0.717, 1.165) is 6.54 Å². The van der Waals surface area contributed by atoms with Crippen molar-refractivity contribution < 1.29 is 9.53 Å². The zero-order chi connectivity index (χ0) is 7.56. The number of cyclic esters (lactones) is 1. The maximum Gasteiger partial charge on any atom is 0.407 e. The van der Waals surface area contributed by atoms with Gasteiger partial charge in [0.05, 0.1) is 6.54 Å². The van der Waals surface area contributed by atoms with Crippen molar-refractivity contribution in [2.24, 2.45) is 0 Å². The van der Waals surface area contributed by atoms with Crippen molar-refractivity contribution in [1.82, 2.24) is 10.2 Å². The number of ether oxygens (including phenoxy) is 1. The highest BCUT2D eigenvalue weighted by molar-refractivity contribution is 5.69. The first kappa shape index (κ1) is 7.34. The predicted octanol–water partition coefficient (Wildman–Crippen LogP) is -0.344. The number of nitrogens with zero attached hydrogens (tertiary/aromatic N) is 1. The van der Waals surface area contributed by atoms with Gasteiger partial charge in [0.2, 0.25) is 0 Å². The van der Waals surface area contributed by atoms with Gasteiger partial charge in [-0.05, 0) is 14.1 Å². The molecular formula is C6H12N2O2. The summed E-state index contributed by atoms with van der Waals surface area (Å²) >= 11 is 0. The molecule has 0 aromatic heterocycles. The van der Waals surface area contributed by atoms with Crippen LogP contribution in [0.3, 0.4) is 0 Å². The second-order valence-electron chi connectivity index (χ2n) is 2.67. The van der Waals surface area contributed by atoms with Gasteiger partial charge in [-0.1, -0.05) is 0 Å². The fraction of sp³-hybridized carbons (Fsp3) is 0.833. The lowest BCUT2D eigenvalue weighted by Crippen LogP contribution is -2.28. The van der Waals surface area contributed by atoms with Crippen molar-refractivity contribution in [3.05, 3.63) is 0 Å². The zero-order valence-corrected chi connectivity index (χ0v) is 6.26. The van der Waals surface area contributed by atoms with Crippen LogP contribution in [0.4, 0.5) is 4.79 Å². The fourth-order valence-electron chi connectivity index (χ4n) is 0.941. The van der Waals surface area contributed by atoms with Crippen molar-refractivity contribution in [2.75, 3.05) is 27.2 Å². The van der Waals surface area contributed by atoms with Crippen molar-refractivity contribution >= 4 is 6.09 Å². The van der Waals surface area contributed by atoms with E-state index >= 15 is 0 Å². The first-order chi connectivity index (χ1) is 4.68. The molecule has 0 aromatic rings. The lowest BCUT2D eigenvalue weighted by Gasteiger charge is -2.12. The molecule has 0 unspecified atom stereocenters. The summed E-state index contributed by atoms with van der Waals surface area (Å²) in [5.41, 5.74) is 0. The van der Waals surface area contributed by atoms with Crippen molar-refractivity contribution in [2.45, 2.75) is 6.10 Å². The van der Waals surface area contributed by atoms with Crippen LogP contribution in [0, 0.1) is 0 Å². The summed E-state index contributed by atoms with van der Waals surface area (Å²) in [6.07, 6.45) is -0.269. The van der Waals surface area contributed by atoms with Crippen LogP contribution in [0.15, 0.2) is 0 Å². The van der Waals surface area contributed by atoms with Crippen molar-refractivity contribution in [3.63, 3.8) is 0 Å². The standard InChI is InChI=1S/C6H12N2O2/c1-8(2)4-5-3-7-6(9)10-5/h5H,3-4H2,1-2H3,(H,7,9)/t5-/m0/s1. The summed E-state index contributed by atoms with van der Waals surface area (Å²) in [5.74, 6) is 0. The molecule has 1 aliphatic heterocycles. The second-order valence-corrected chi connectivity index (χ2v) is 2.67. The fourth-order valence-corrected chi connectivity index (χ4v) is 0.941. The third-order valence-corrected chi connectivity index (χ3v) is 1.32. The summed E-state index contributed by atoms with van der Waals surface area (Å²) in [5, 5.41) is 2.59. The zero-order valence-electron chi connectivity index (χ0n) is 6.26. The van der Waals surface area contributed by atoms with Crippen LogP contribution in [-0.4, -0.2) is 44.3 Å². The Labute approximate surface area is 60.1 Å². The van der Waals surface area contributed by atoms with E-state index in [1.165, 1.54) is 0 Å². The third kappa shape index (κ3) is 1.88. The molecule has 0 radical (unpaired) electrons. The summed E-state index contributed by atoms with van der Waals surface area (Å²) < 4.78 is 4.88. The third-order valence-electron chi connectivity index (χ3n) is 1.32. The molecule has 1 saturated heterocycles. The molecule has 1 atom stereocenters. The largest absolute Gasteiger partial charge is 0.443 e. The van der Waals surface area contributed by atoms with E-state index in [9.17, 15) is 4.79 Å². The highest BCUT2D eigenvalue weighted by atomic mass is 16.6. The SMILES string of the molecule is CN(C)C[C@@H]1CNC(=O)O1. The van der Waals surface area contributed by atoms with E-state index in [4.69, 9.17) is 4.74 Å². The maximum atomic E-state index is 10.5.